The second-order valence-electron chi connectivity index (χ2n) is 5.88. The van der Waals surface area contributed by atoms with Crippen LogP contribution in [0.1, 0.15) is 39.0 Å². The van der Waals surface area contributed by atoms with Gasteiger partial charge in [-0.3, -0.25) is 0 Å². The van der Waals surface area contributed by atoms with Crippen molar-refractivity contribution in [3.8, 4) is 11.5 Å². The number of hydrogen-bond donors (Lipinski definition) is 0. The van der Waals surface area contributed by atoms with Gasteiger partial charge >= 0.3 is 173 Å². The van der Waals surface area contributed by atoms with Crippen molar-refractivity contribution in [2.24, 2.45) is 0 Å². The Balaban J connectivity index is -0.000000139. The third-order valence-electron chi connectivity index (χ3n) is 3.16. The summed E-state index contributed by atoms with van der Waals surface area (Å²) in [6, 6.07) is 0.723. The molecular formula is C19H25CrNO5Si. The Morgan fingerprint density at radius 3 is 1.56 bits per heavy atom. The number of rotatable bonds is 3. The van der Waals surface area contributed by atoms with Crippen LogP contribution >= 0.6 is 0 Å². The Morgan fingerprint density at radius 2 is 1.26 bits per heavy atom. The topological polar surface area (TPSA) is 103 Å². The molecule has 27 heavy (non-hydrogen) atoms. The summed E-state index contributed by atoms with van der Waals surface area (Å²) in [7, 11) is -1.26. The van der Waals surface area contributed by atoms with Crippen LogP contribution in [0.15, 0.2) is 0 Å². The molecule has 0 N–H and O–H groups in total. The van der Waals surface area contributed by atoms with Crippen molar-refractivity contribution in [3.63, 3.8) is 0 Å². The average Bonchev–Trinajstić information content (AvgIpc) is 2.75. The third kappa shape index (κ3) is 24.8. The molecule has 0 aliphatic heterocycles. The predicted octanol–water partition coefficient (Wildman–Crippen LogP) is 3.01. The first-order chi connectivity index (χ1) is 12.9. The summed E-state index contributed by atoms with van der Waals surface area (Å²) >= 11 is 3.19. The van der Waals surface area contributed by atoms with Crippen LogP contribution in [0.3, 0.4) is 0 Å². The van der Waals surface area contributed by atoms with Crippen LogP contribution in [0.4, 0.5) is 0 Å². The summed E-state index contributed by atoms with van der Waals surface area (Å²) in [5.41, 5.74) is 3.45. The Labute approximate surface area is 172 Å². The van der Waals surface area contributed by atoms with Crippen molar-refractivity contribution < 1.29 is 39.1 Å². The van der Waals surface area contributed by atoms with E-state index in [1.165, 1.54) is 36.6 Å². The summed E-state index contributed by atoms with van der Waals surface area (Å²) in [6.07, 6.45) is 6.87. The van der Waals surface area contributed by atoms with Gasteiger partial charge < -0.3 is 0 Å². The fourth-order valence-corrected chi connectivity index (χ4v) is 3.43. The molecule has 0 saturated heterocycles. The van der Waals surface area contributed by atoms with E-state index in [1.54, 1.807) is 0 Å². The Bertz CT molecular complexity index is 480. The molecule has 0 unspecified atom stereocenters. The molecule has 0 aromatic carbocycles. The quantitative estimate of drug-likeness (QED) is 0.294. The zero-order valence-electron chi connectivity index (χ0n) is 16.2. The molecule has 0 spiro atoms. The number of hydrogen-bond acceptors (Lipinski definition) is 1. The van der Waals surface area contributed by atoms with Gasteiger partial charge in [-0.15, -0.1) is 0 Å². The van der Waals surface area contributed by atoms with Gasteiger partial charge in [0.05, 0.1) is 0 Å². The first-order valence-corrected chi connectivity index (χ1v) is 11.9. The molecular weight excluding hydrogens is 402 g/mol. The maximum atomic E-state index is 7.50. The fraction of sp³-hybridized carbons (Fsp3) is 0.579. The van der Waals surface area contributed by atoms with E-state index in [9.17, 15) is 0 Å². The molecule has 6 nitrogen and oxygen atoms in total. The van der Waals surface area contributed by atoms with E-state index in [4.69, 9.17) is 23.3 Å². The standard InChI is InChI=1S/C14H25NSi.5CO.Cr/c1-5-15(12-9-13-16(2,3)4)14-10-7-6-8-11-14;5*1-2;/h14H,5-8,10-11H2,1-4H3;;;;;;. The molecule has 8 heteroatoms. The van der Waals surface area contributed by atoms with E-state index in [2.05, 4.69) is 92.0 Å². The zero-order chi connectivity index (χ0) is 22.9. The summed E-state index contributed by atoms with van der Waals surface area (Å²) < 4.78 is 38.7. The van der Waals surface area contributed by atoms with Crippen molar-refractivity contribution in [1.29, 1.82) is 0 Å². The predicted molar refractivity (Wildman–Crippen MR) is 95.0 cm³/mol. The summed E-state index contributed by atoms with van der Waals surface area (Å²) in [5, 5.41) is 0. The first-order valence-electron chi connectivity index (χ1n) is 7.80. The van der Waals surface area contributed by atoms with Crippen LogP contribution in [-0.2, 0) is 39.1 Å². The third-order valence-corrected chi connectivity index (χ3v) is 4.56. The monoisotopic (exact) mass is 427 g/mol. The van der Waals surface area contributed by atoms with Crippen LogP contribution in [-0.4, -0.2) is 30.1 Å². The van der Waals surface area contributed by atoms with Gasteiger partial charge in [0.2, 0.25) is 0 Å². The van der Waals surface area contributed by atoms with Gasteiger partial charge in [-0.05, 0) is 0 Å². The molecule has 146 valence electrons. The number of nitrogens with zero attached hydrogens (tertiary/aromatic N) is 1. The van der Waals surface area contributed by atoms with E-state index in [0.717, 1.165) is 12.6 Å². The zero-order valence-corrected chi connectivity index (χ0v) is 18.5. The molecule has 0 aromatic rings. The molecule has 0 amide bonds. The van der Waals surface area contributed by atoms with Crippen molar-refractivity contribution >= 4 is 12.6 Å². The second kappa shape index (κ2) is 29.6. The van der Waals surface area contributed by atoms with E-state index in [1.807, 2.05) is 0 Å². The van der Waals surface area contributed by atoms with Crippen molar-refractivity contribution in [3.05, 3.63) is 33.3 Å². The minimum atomic E-state index is -1.26. The van der Waals surface area contributed by atoms with Gasteiger partial charge in [-0.1, -0.05) is 0 Å². The summed E-state index contributed by atoms with van der Waals surface area (Å²) in [6.45, 7) is 32.7. The molecule has 0 atom stereocenters. The van der Waals surface area contributed by atoms with Gasteiger partial charge in [-0.2, -0.15) is 0 Å². The normalized spacial score (nSPS) is 11.5. The molecule has 1 saturated carbocycles. The molecule has 1 aliphatic carbocycles. The summed E-state index contributed by atoms with van der Waals surface area (Å²) in [4.78, 5) is 2.48. The Kier molecular flexibility index (Phi) is 40.2. The van der Waals surface area contributed by atoms with Crippen LogP contribution in [0.25, 0.3) is 0 Å². The fourth-order valence-electron chi connectivity index (χ4n) is 2.27. The molecule has 0 aromatic heterocycles. The first kappa shape index (κ1) is 36.7. The Morgan fingerprint density at radius 1 is 0.889 bits per heavy atom. The molecule has 1 fully saturated rings. The van der Waals surface area contributed by atoms with Gasteiger partial charge in [-0.25, -0.2) is 0 Å². The van der Waals surface area contributed by atoms with Gasteiger partial charge in [0, 0.05) is 0 Å². The molecule has 0 heterocycles. The van der Waals surface area contributed by atoms with Crippen molar-refractivity contribution in [1.82, 2.24) is 4.90 Å². The van der Waals surface area contributed by atoms with E-state index in [0.29, 0.717) is 0 Å². The molecule has 1 rings (SSSR count). The molecule has 0 bridgehead atoms. The van der Waals surface area contributed by atoms with E-state index in [-0.39, 0.29) is 0 Å². The van der Waals surface area contributed by atoms with E-state index >= 15 is 0 Å². The Hall–Kier alpha value is -1.16. The van der Waals surface area contributed by atoms with Gasteiger partial charge in [0.1, 0.15) is 0 Å². The van der Waals surface area contributed by atoms with Crippen LogP contribution in [0.2, 0.25) is 19.6 Å². The minimum absolute atomic E-state index is 0.723. The maximum absolute atomic E-state index is 7.50. The van der Waals surface area contributed by atoms with Gasteiger partial charge in [0.25, 0.3) is 0 Å². The molecule has 0 radical (unpaired) electrons. The van der Waals surface area contributed by atoms with E-state index < -0.39 is 8.07 Å². The van der Waals surface area contributed by atoms with Crippen molar-refractivity contribution in [2.45, 2.75) is 64.7 Å². The average molecular weight is 427 g/mol. The SMILES string of the molecule is CCN([C](=[Cr])C#C[Si](C)(C)C)C1CCCCC1.[C-]#[O+].[C-]#[O+].[C-]#[O+].[C-]#[O+].[C-]#[O+]. The van der Waals surface area contributed by atoms with Crippen LogP contribution in [0.5, 0.6) is 0 Å². The van der Waals surface area contributed by atoms with Gasteiger partial charge in [0.15, 0.2) is 0 Å². The van der Waals surface area contributed by atoms with Crippen LogP contribution in [0, 0.1) is 44.7 Å². The summed E-state index contributed by atoms with van der Waals surface area (Å²) in [5.74, 6) is 3.37. The van der Waals surface area contributed by atoms with Crippen LogP contribution < -0.4 is 0 Å². The molecule has 1 aliphatic rings. The second-order valence-corrected chi connectivity index (χ2v) is 11.2. The van der Waals surface area contributed by atoms with Crippen molar-refractivity contribution in [2.75, 3.05) is 6.54 Å².